The van der Waals surface area contributed by atoms with Gasteiger partial charge in [0.2, 0.25) is 0 Å². The Morgan fingerprint density at radius 2 is 2.24 bits per heavy atom. The topological polar surface area (TPSA) is 66.0 Å². The Bertz CT molecular complexity index is 595. The van der Waals surface area contributed by atoms with Crippen LogP contribution >= 0.6 is 11.6 Å². The molecule has 1 aromatic carbocycles. The molecule has 0 fully saturated rings. The molecule has 0 aliphatic rings. The number of carbonyl (C=O) groups is 1. The van der Waals surface area contributed by atoms with Gasteiger partial charge in [-0.2, -0.15) is 0 Å². The van der Waals surface area contributed by atoms with Gasteiger partial charge in [-0.15, -0.1) is 0 Å². The number of nitrogens with one attached hydrogen (secondary N) is 1. The summed E-state index contributed by atoms with van der Waals surface area (Å²) in [7, 11) is 0. The first kappa shape index (κ1) is 11.6. The number of aromatic nitrogens is 2. The Morgan fingerprint density at radius 3 is 2.82 bits per heavy atom. The molecule has 2 N–H and O–H groups in total. The van der Waals surface area contributed by atoms with Gasteiger partial charge in [-0.1, -0.05) is 17.7 Å². The second kappa shape index (κ2) is 4.18. The lowest BCUT2D eigenvalue weighted by Crippen LogP contribution is -1.98. The van der Waals surface area contributed by atoms with Gasteiger partial charge in [0.1, 0.15) is 5.82 Å². The third-order valence-electron chi connectivity index (χ3n) is 2.29. The molecule has 88 valence electrons. The zero-order chi connectivity index (χ0) is 12.6. The van der Waals surface area contributed by atoms with Crippen molar-refractivity contribution in [3.05, 3.63) is 40.4 Å². The maximum absolute atomic E-state index is 13.7. The van der Waals surface area contributed by atoms with Crippen LogP contribution in [0.2, 0.25) is 5.02 Å². The molecule has 17 heavy (non-hydrogen) atoms. The zero-order valence-electron chi connectivity index (χ0n) is 8.79. The molecule has 0 spiro atoms. The highest BCUT2D eigenvalue weighted by atomic mass is 35.5. The van der Waals surface area contributed by atoms with Crippen molar-refractivity contribution >= 4 is 17.6 Å². The van der Waals surface area contributed by atoms with Crippen molar-refractivity contribution in [3.8, 4) is 11.4 Å². The van der Waals surface area contributed by atoms with Crippen molar-refractivity contribution < 1.29 is 14.3 Å². The maximum Gasteiger partial charge on any atom is 0.356 e. The second-order valence-electron chi connectivity index (χ2n) is 3.47. The van der Waals surface area contributed by atoms with E-state index in [2.05, 4.69) is 9.97 Å². The van der Waals surface area contributed by atoms with Gasteiger partial charge in [-0.05, 0) is 19.1 Å². The largest absolute Gasteiger partial charge is 0.476 e. The summed E-state index contributed by atoms with van der Waals surface area (Å²) in [6.07, 6.45) is 0. The van der Waals surface area contributed by atoms with Crippen LogP contribution in [0.1, 0.15) is 16.2 Å². The number of aromatic carboxylic acids is 1. The quantitative estimate of drug-likeness (QED) is 0.866. The van der Waals surface area contributed by atoms with Gasteiger partial charge >= 0.3 is 5.97 Å². The fourth-order valence-electron chi connectivity index (χ4n) is 1.48. The lowest BCUT2D eigenvalue weighted by molar-refractivity contribution is 0.0690. The fraction of sp³-hybridized carbons (Fsp3) is 0.0909. The minimum atomic E-state index is -1.16. The summed E-state index contributed by atoms with van der Waals surface area (Å²) in [4.78, 5) is 17.4. The first-order valence-corrected chi connectivity index (χ1v) is 5.12. The Morgan fingerprint density at radius 1 is 1.53 bits per heavy atom. The summed E-state index contributed by atoms with van der Waals surface area (Å²) in [6.45, 7) is 1.56. The molecule has 0 aliphatic heterocycles. The number of aromatic amines is 1. The van der Waals surface area contributed by atoms with Crippen LogP contribution in [-0.2, 0) is 0 Å². The predicted octanol–water partition coefficient (Wildman–Crippen LogP) is 2.88. The molecular formula is C11H8ClFN2O2. The lowest BCUT2D eigenvalue weighted by Gasteiger charge is -2.00. The predicted molar refractivity (Wildman–Crippen MR) is 60.7 cm³/mol. The molecule has 0 saturated heterocycles. The number of aryl methyl sites for hydroxylation is 1. The highest BCUT2D eigenvalue weighted by Gasteiger charge is 2.17. The van der Waals surface area contributed by atoms with E-state index in [-0.39, 0.29) is 22.1 Å². The highest BCUT2D eigenvalue weighted by Crippen LogP contribution is 2.26. The third kappa shape index (κ3) is 2.01. The molecule has 1 heterocycles. The highest BCUT2D eigenvalue weighted by molar-refractivity contribution is 6.31. The van der Waals surface area contributed by atoms with Crippen molar-refractivity contribution in [1.82, 2.24) is 9.97 Å². The van der Waals surface area contributed by atoms with Gasteiger partial charge in [-0.3, -0.25) is 0 Å². The van der Waals surface area contributed by atoms with Gasteiger partial charge in [0.25, 0.3) is 0 Å². The van der Waals surface area contributed by atoms with Crippen LogP contribution in [0, 0.1) is 12.7 Å². The molecule has 1 aromatic heterocycles. The third-order valence-corrected chi connectivity index (χ3v) is 2.59. The standard InChI is InChI=1S/C11H8ClFN2O2/c1-5-9(11(16)17)15-10(14-5)6-3-2-4-7(12)8(6)13/h2-4H,1H3,(H,14,15)(H,16,17). The van der Waals surface area contributed by atoms with E-state index in [1.165, 1.54) is 12.1 Å². The van der Waals surface area contributed by atoms with Crippen LogP contribution in [0.4, 0.5) is 4.39 Å². The van der Waals surface area contributed by atoms with Gasteiger partial charge < -0.3 is 10.1 Å². The van der Waals surface area contributed by atoms with E-state index in [1.54, 1.807) is 13.0 Å². The summed E-state index contributed by atoms with van der Waals surface area (Å²) in [5.74, 6) is -1.63. The Labute approximate surface area is 101 Å². The number of H-pyrrole nitrogens is 1. The number of carboxylic acids is 1. The molecule has 0 atom stereocenters. The second-order valence-corrected chi connectivity index (χ2v) is 3.87. The van der Waals surface area contributed by atoms with Crippen molar-refractivity contribution in [2.75, 3.05) is 0 Å². The molecule has 0 unspecified atom stereocenters. The number of benzene rings is 1. The van der Waals surface area contributed by atoms with Crippen LogP contribution in [0.3, 0.4) is 0 Å². The van der Waals surface area contributed by atoms with Crippen molar-refractivity contribution in [3.63, 3.8) is 0 Å². The first-order valence-electron chi connectivity index (χ1n) is 4.75. The number of carboxylic acid groups (broad SMARTS) is 1. The molecule has 0 saturated carbocycles. The van der Waals surface area contributed by atoms with Gasteiger partial charge in [0, 0.05) is 5.69 Å². The van der Waals surface area contributed by atoms with E-state index in [1.807, 2.05) is 0 Å². The molecule has 2 rings (SSSR count). The average molecular weight is 255 g/mol. The summed E-state index contributed by atoms with van der Waals surface area (Å²) in [5, 5.41) is 8.81. The number of halogens is 2. The SMILES string of the molecule is Cc1[nH]c(-c2cccc(Cl)c2F)nc1C(=O)O. The summed E-state index contributed by atoms with van der Waals surface area (Å²) >= 11 is 5.64. The van der Waals surface area contributed by atoms with Crippen LogP contribution < -0.4 is 0 Å². The molecule has 4 nitrogen and oxygen atoms in total. The lowest BCUT2D eigenvalue weighted by atomic mass is 10.2. The van der Waals surface area contributed by atoms with Gasteiger partial charge in [-0.25, -0.2) is 14.2 Å². The average Bonchev–Trinajstić information content (AvgIpc) is 2.64. The fourth-order valence-corrected chi connectivity index (χ4v) is 1.66. The maximum atomic E-state index is 13.7. The Kier molecular flexibility index (Phi) is 2.85. The summed E-state index contributed by atoms with van der Waals surface area (Å²) in [6, 6.07) is 4.46. The van der Waals surface area contributed by atoms with Crippen molar-refractivity contribution in [2.45, 2.75) is 6.92 Å². The minimum absolute atomic E-state index is 0.0339. The monoisotopic (exact) mass is 254 g/mol. The van der Waals surface area contributed by atoms with Gasteiger partial charge in [0.15, 0.2) is 11.5 Å². The number of imidazole rings is 1. The number of hydrogen-bond donors (Lipinski definition) is 2. The molecule has 0 amide bonds. The van der Waals surface area contributed by atoms with E-state index in [4.69, 9.17) is 16.7 Å². The van der Waals surface area contributed by atoms with E-state index < -0.39 is 11.8 Å². The molecule has 0 bridgehead atoms. The molecule has 2 aromatic rings. The molecule has 6 heteroatoms. The van der Waals surface area contributed by atoms with Crippen LogP contribution in [0.5, 0.6) is 0 Å². The Hall–Kier alpha value is -1.88. The first-order chi connectivity index (χ1) is 8.00. The van der Waals surface area contributed by atoms with E-state index >= 15 is 0 Å². The van der Waals surface area contributed by atoms with Crippen LogP contribution in [0.15, 0.2) is 18.2 Å². The number of nitrogens with zero attached hydrogens (tertiary/aromatic N) is 1. The molecule has 0 radical (unpaired) electrons. The van der Waals surface area contributed by atoms with Crippen molar-refractivity contribution in [1.29, 1.82) is 0 Å². The zero-order valence-corrected chi connectivity index (χ0v) is 9.55. The number of hydrogen-bond acceptors (Lipinski definition) is 2. The van der Waals surface area contributed by atoms with E-state index in [0.29, 0.717) is 5.69 Å². The molecular weight excluding hydrogens is 247 g/mol. The van der Waals surface area contributed by atoms with Crippen LogP contribution in [0.25, 0.3) is 11.4 Å². The minimum Gasteiger partial charge on any atom is -0.476 e. The smallest absolute Gasteiger partial charge is 0.356 e. The van der Waals surface area contributed by atoms with Crippen LogP contribution in [-0.4, -0.2) is 21.0 Å². The van der Waals surface area contributed by atoms with E-state index in [0.717, 1.165) is 0 Å². The van der Waals surface area contributed by atoms with E-state index in [9.17, 15) is 9.18 Å². The summed E-state index contributed by atoms with van der Waals surface area (Å²) < 4.78 is 13.7. The number of rotatable bonds is 2. The van der Waals surface area contributed by atoms with Crippen molar-refractivity contribution in [2.24, 2.45) is 0 Å². The normalized spacial score (nSPS) is 10.5. The summed E-state index contributed by atoms with van der Waals surface area (Å²) in [5.41, 5.74) is 0.388. The van der Waals surface area contributed by atoms with Gasteiger partial charge in [0.05, 0.1) is 10.6 Å². The Balaban J connectivity index is 2.58. The molecule has 0 aliphatic carbocycles.